The largest absolute Gasteiger partial charge is 0.349 e. The van der Waals surface area contributed by atoms with Crippen molar-refractivity contribution in [3.63, 3.8) is 0 Å². The average molecular weight is 403 g/mol. The molecule has 2 amide bonds. The van der Waals surface area contributed by atoms with Gasteiger partial charge in [-0.05, 0) is 68.1 Å². The van der Waals surface area contributed by atoms with Crippen molar-refractivity contribution >= 4 is 40.9 Å². The molecular weight excluding hydrogens is 380 g/mol. The minimum absolute atomic E-state index is 0.0717. The van der Waals surface area contributed by atoms with Crippen molar-refractivity contribution in [2.75, 3.05) is 11.1 Å². The summed E-state index contributed by atoms with van der Waals surface area (Å²) in [5, 5.41) is 6.09. The second-order valence-electron chi connectivity index (χ2n) is 6.84. The van der Waals surface area contributed by atoms with E-state index < -0.39 is 0 Å². The predicted molar refractivity (Wildman–Crippen MR) is 112 cm³/mol. The Labute approximate surface area is 169 Å². The van der Waals surface area contributed by atoms with Gasteiger partial charge in [0.2, 0.25) is 5.91 Å². The molecule has 0 aliphatic heterocycles. The molecule has 1 aliphatic carbocycles. The molecule has 0 aromatic heterocycles. The molecule has 2 aromatic carbocycles. The van der Waals surface area contributed by atoms with Gasteiger partial charge >= 0.3 is 0 Å². The van der Waals surface area contributed by atoms with Gasteiger partial charge in [0, 0.05) is 28.8 Å². The van der Waals surface area contributed by atoms with E-state index in [1.54, 1.807) is 30.0 Å². The monoisotopic (exact) mass is 402 g/mol. The summed E-state index contributed by atoms with van der Waals surface area (Å²) in [5.74, 6) is 0.465. The van der Waals surface area contributed by atoms with E-state index in [2.05, 4.69) is 42.7 Å². The fourth-order valence-corrected chi connectivity index (χ4v) is 3.77. The van der Waals surface area contributed by atoms with Crippen LogP contribution in [0.1, 0.15) is 40.7 Å². The summed E-state index contributed by atoms with van der Waals surface area (Å²) in [4.78, 5) is 25.4. The van der Waals surface area contributed by atoms with Crippen LogP contribution in [0.15, 0.2) is 41.3 Å². The topological polar surface area (TPSA) is 58.2 Å². The molecule has 1 saturated carbocycles. The summed E-state index contributed by atoms with van der Waals surface area (Å²) in [6.07, 6.45) is 2.45. The lowest BCUT2D eigenvalue weighted by molar-refractivity contribution is -0.115. The number of rotatable bonds is 7. The van der Waals surface area contributed by atoms with Crippen LogP contribution < -0.4 is 10.6 Å². The van der Waals surface area contributed by atoms with Crippen LogP contribution in [-0.4, -0.2) is 23.6 Å². The summed E-state index contributed by atoms with van der Waals surface area (Å²) >= 11 is 7.87. The highest BCUT2D eigenvalue weighted by molar-refractivity contribution is 7.99. The van der Waals surface area contributed by atoms with Gasteiger partial charge in [0.15, 0.2) is 0 Å². The number of nitrogens with one attached hydrogen (secondary N) is 2. The van der Waals surface area contributed by atoms with Gasteiger partial charge in [0.25, 0.3) is 5.91 Å². The van der Waals surface area contributed by atoms with E-state index in [0.29, 0.717) is 28.4 Å². The third-order valence-electron chi connectivity index (χ3n) is 4.49. The molecule has 6 heteroatoms. The van der Waals surface area contributed by atoms with Crippen molar-refractivity contribution in [2.45, 2.75) is 44.0 Å². The molecular formula is C21H23ClN2O2S. The van der Waals surface area contributed by atoms with Crippen LogP contribution in [-0.2, 0) is 4.79 Å². The molecule has 0 spiro atoms. The molecule has 0 radical (unpaired) electrons. The van der Waals surface area contributed by atoms with Crippen LogP contribution in [0, 0.1) is 13.8 Å². The number of halogens is 1. The van der Waals surface area contributed by atoms with Crippen molar-refractivity contribution in [2.24, 2.45) is 0 Å². The summed E-state index contributed by atoms with van der Waals surface area (Å²) in [7, 11) is 0. The number of amides is 2. The number of carbonyl (C=O) groups is 2. The van der Waals surface area contributed by atoms with Gasteiger partial charge < -0.3 is 10.6 Å². The third kappa shape index (κ3) is 5.75. The lowest BCUT2D eigenvalue weighted by Crippen LogP contribution is -2.25. The van der Waals surface area contributed by atoms with Crippen molar-refractivity contribution in [1.82, 2.24) is 5.32 Å². The number of benzene rings is 2. The van der Waals surface area contributed by atoms with Gasteiger partial charge in [0.05, 0.1) is 10.6 Å². The van der Waals surface area contributed by atoms with Gasteiger partial charge in [-0.1, -0.05) is 17.7 Å². The predicted octanol–water partition coefficient (Wildman–Crippen LogP) is 4.97. The Balaban J connectivity index is 1.49. The fourth-order valence-electron chi connectivity index (χ4n) is 2.56. The zero-order valence-electron chi connectivity index (χ0n) is 15.5. The van der Waals surface area contributed by atoms with E-state index >= 15 is 0 Å². The second-order valence-corrected chi connectivity index (χ2v) is 8.41. The van der Waals surface area contributed by atoms with Gasteiger partial charge in [-0.25, -0.2) is 0 Å². The highest BCUT2D eigenvalue weighted by atomic mass is 35.5. The lowest BCUT2D eigenvalue weighted by atomic mass is 10.1. The Hall–Kier alpha value is -1.98. The molecule has 4 nitrogen and oxygen atoms in total. The van der Waals surface area contributed by atoms with Gasteiger partial charge in [-0.3, -0.25) is 9.59 Å². The SMILES string of the molecule is Cc1ccc(SCCC(=O)Nc2ccc(C(=O)NC3CC3)c(Cl)c2)cc1C. The molecule has 2 aromatic rings. The van der Waals surface area contributed by atoms with Crippen LogP contribution in [0.2, 0.25) is 5.02 Å². The first-order valence-electron chi connectivity index (χ1n) is 9.02. The molecule has 0 bridgehead atoms. The normalized spacial score (nSPS) is 13.3. The molecule has 142 valence electrons. The number of anilines is 1. The number of hydrogen-bond donors (Lipinski definition) is 2. The van der Waals surface area contributed by atoms with Crippen molar-refractivity contribution < 1.29 is 9.59 Å². The Morgan fingerprint density at radius 3 is 2.56 bits per heavy atom. The van der Waals surface area contributed by atoms with Crippen LogP contribution >= 0.6 is 23.4 Å². The maximum Gasteiger partial charge on any atom is 0.253 e. The van der Waals surface area contributed by atoms with E-state index in [1.165, 1.54) is 16.0 Å². The fraction of sp³-hybridized carbons (Fsp3) is 0.333. The minimum Gasteiger partial charge on any atom is -0.349 e. The van der Waals surface area contributed by atoms with E-state index in [0.717, 1.165) is 12.8 Å². The molecule has 0 atom stereocenters. The van der Waals surface area contributed by atoms with E-state index in [1.807, 2.05) is 0 Å². The summed E-state index contributed by atoms with van der Waals surface area (Å²) < 4.78 is 0. The zero-order chi connectivity index (χ0) is 19.4. The number of carbonyl (C=O) groups excluding carboxylic acids is 2. The summed E-state index contributed by atoms with van der Waals surface area (Å²) in [5.41, 5.74) is 3.56. The Morgan fingerprint density at radius 2 is 1.89 bits per heavy atom. The molecule has 0 saturated heterocycles. The first kappa shape index (κ1) is 19.8. The number of hydrogen-bond acceptors (Lipinski definition) is 3. The van der Waals surface area contributed by atoms with Crippen molar-refractivity contribution in [3.05, 3.63) is 58.1 Å². The van der Waals surface area contributed by atoms with Crippen molar-refractivity contribution in [1.29, 1.82) is 0 Å². The van der Waals surface area contributed by atoms with Crippen molar-refractivity contribution in [3.8, 4) is 0 Å². The van der Waals surface area contributed by atoms with Gasteiger partial charge in [0.1, 0.15) is 0 Å². The Kier molecular flexibility index (Phi) is 6.45. The van der Waals surface area contributed by atoms with Crippen LogP contribution in [0.5, 0.6) is 0 Å². The summed E-state index contributed by atoms with van der Waals surface area (Å²) in [6, 6.07) is 11.6. The highest BCUT2D eigenvalue weighted by Gasteiger charge is 2.24. The molecule has 0 unspecified atom stereocenters. The second kappa shape index (κ2) is 8.81. The third-order valence-corrected chi connectivity index (χ3v) is 5.79. The first-order valence-corrected chi connectivity index (χ1v) is 10.4. The van der Waals surface area contributed by atoms with E-state index in [9.17, 15) is 9.59 Å². The molecule has 27 heavy (non-hydrogen) atoms. The lowest BCUT2D eigenvalue weighted by Gasteiger charge is -2.09. The van der Waals surface area contributed by atoms with Gasteiger partial charge in [-0.2, -0.15) is 0 Å². The maximum absolute atomic E-state index is 12.2. The Bertz CT molecular complexity index is 865. The molecule has 1 fully saturated rings. The highest BCUT2D eigenvalue weighted by Crippen LogP contribution is 2.25. The number of thioether (sulfide) groups is 1. The maximum atomic E-state index is 12.2. The Morgan fingerprint density at radius 1 is 1.11 bits per heavy atom. The van der Waals surface area contributed by atoms with Crippen LogP contribution in [0.3, 0.4) is 0 Å². The smallest absolute Gasteiger partial charge is 0.253 e. The average Bonchev–Trinajstić information content (AvgIpc) is 3.42. The molecule has 2 N–H and O–H groups in total. The molecule has 3 rings (SSSR count). The zero-order valence-corrected chi connectivity index (χ0v) is 17.0. The van der Waals surface area contributed by atoms with Crippen LogP contribution in [0.4, 0.5) is 5.69 Å². The van der Waals surface area contributed by atoms with E-state index in [4.69, 9.17) is 11.6 Å². The summed E-state index contributed by atoms with van der Waals surface area (Å²) in [6.45, 7) is 4.17. The molecule has 0 heterocycles. The quantitative estimate of drug-likeness (QED) is 0.643. The minimum atomic E-state index is -0.162. The van der Waals surface area contributed by atoms with E-state index in [-0.39, 0.29) is 17.9 Å². The molecule has 1 aliphatic rings. The van der Waals surface area contributed by atoms with Gasteiger partial charge in [-0.15, -0.1) is 11.8 Å². The first-order chi connectivity index (χ1) is 12.9. The van der Waals surface area contributed by atoms with Crippen LogP contribution in [0.25, 0.3) is 0 Å². The number of aryl methyl sites for hydroxylation is 2. The standard InChI is InChI=1S/C21H23ClN2O2S/c1-13-3-7-17(11-14(13)2)27-10-9-20(25)23-16-6-8-18(19(22)12-16)21(26)24-15-4-5-15/h3,6-8,11-12,15H,4-5,9-10H2,1-2H3,(H,23,25)(H,24,26).